The van der Waals surface area contributed by atoms with Gasteiger partial charge in [0.15, 0.2) is 5.79 Å². The summed E-state index contributed by atoms with van der Waals surface area (Å²) in [5.74, 6) is -1.43. The van der Waals surface area contributed by atoms with Crippen molar-refractivity contribution in [3.63, 3.8) is 0 Å². The molecule has 2 rings (SSSR count). The van der Waals surface area contributed by atoms with Crippen molar-refractivity contribution in [3.05, 3.63) is 35.6 Å². The van der Waals surface area contributed by atoms with Gasteiger partial charge in [0, 0.05) is 5.56 Å². The first-order valence-corrected chi connectivity index (χ1v) is 7.42. The first-order valence-electron chi connectivity index (χ1n) is 5.95. The summed E-state index contributed by atoms with van der Waals surface area (Å²) in [4.78, 5) is 0. The van der Waals surface area contributed by atoms with E-state index >= 15 is 0 Å². The molecule has 2 N–H and O–H groups in total. The van der Waals surface area contributed by atoms with Crippen LogP contribution in [-0.4, -0.2) is 26.9 Å². The third-order valence-electron chi connectivity index (χ3n) is 2.79. The number of halogens is 1. The molecule has 2 atom stereocenters. The summed E-state index contributed by atoms with van der Waals surface area (Å²) in [6.07, 6.45) is -1.55. The Kier molecular flexibility index (Phi) is 4.12. The smallest absolute Gasteiger partial charge is 0.333 e. The molecule has 1 saturated heterocycles. The fraction of sp³-hybridized carbons (Fsp3) is 0.500. The van der Waals surface area contributed by atoms with Gasteiger partial charge in [-0.15, -0.1) is 0 Å². The van der Waals surface area contributed by atoms with Crippen molar-refractivity contribution >= 4 is 10.3 Å². The maximum atomic E-state index is 13.8. The van der Waals surface area contributed by atoms with Crippen molar-refractivity contribution in [3.8, 4) is 0 Å². The monoisotopic (exact) mass is 305 g/mol. The summed E-state index contributed by atoms with van der Waals surface area (Å²) < 4.78 is 51.2. The van der Waals surface area contributed by atoms with Gasteiger partial charge in [-0.3, -0.25) is 4.18 Å². The summed E-state index contributed by atoms with van der Waals surface area (Å²) in [6.45, 7) is 2.96. The molecule has 20 heavy (non-hydrogen) atoms. The van der Waals surface area contributed by atoms with Crippen LogP contribution < -0.4 is 5.14 Å². The number of ether oxygens (including phenoxy) is 2. The van der Waals surface area contributed by atoms with Gasteiger partial charge in [0.1, 0.15) is 18.0 Å². The maximum Gasteiger partial charge on any atom is 0.333 e. The predicted octanol–water partition coefficient (Wildman–Crippen LogP) is 1.24. The highest BCUT2D eigenvalue weighted by atomic mass is 32.2. The van der Waals surface area contributed by atoms with Crippen molar-refractivity contribution in [1.82, 2.24) is 0 Å². The third kappa shape index (κ3) is 3.74. The standard InChI is InChI=1S/C12H16FNO5S/c1-12(2)18-10(7-17-20(14,15)16)11(19-12)8-5-3-4-6-9(8)13/h3-6,10-11H,7H2,1-2H3,(H2,14,15,16)/t10-,11-/m1/s1. The fourth-order valence-electron chi connectivity index (χ4n) is 2.09. The van der Waals surface area contributed by atoms with Gasteiger partial charge in [-0.2, -0.15) is 8.42 Å². The molecule has 112 valence electrons. The lowest BCUT2D eigenvalue weighted by Crippen LogP contribution is -2.28. The van der Waals surface area contributed by atoms with Crippen molar-refractivity contribution in [2.24, 2.45) is 5.14 Å². The number of benzene rings is 1. The minimum atomic E-state index is -4.09. The Balaban J connectivity index is 2.23. The molecule has 0 amide bonds. The molecule has 0 spiro atoms. The second-order valence-corrected chi connectivity index (χ2v) is 6.11. The number of nitrogens with two attached hydrogens (primary N) is 1. The molecule has 0 unspecified atom stereocenters. The molecule has 1 fully saturated rings. The van der Waals surface area contributed by atoms with Crippen molar-refractivity contribution in [1.29, 1.82) is 0 Å². The average molecular weight is 305 g/mol. The Morgan fingerprint density at radius 1 is 1.35 bits per heavy atom. The van der Waals surface area contributed by atoms with Crippen LogP contribution >= 0.6 is 0 Å². The molecule has 1 aliphatic rings. The van der Waals surface area contributed by atoms with E-state index in [1.54, 1.807) is 32.0 Å². The molecule has 8 heteroatoms. The van der Waals surface area contributed by atoms with Gasteiger partial charge in [0.25, 0.3) is 0 Å². The van der Waals surface area contributed by atoms with Gasteiger partial charge in [-0.25, -0.2) is 9.53 Å². The van der Waals surface area contributed by atoms with Crippen LogP contribution in [0.3, 0.4) is 0 Å². The SMILES string of the molecule is CC1(C)O[C@H](c2ccccc2F)[C@@H](COS(N)(=O)=O)O1. The minimum Gasteiger partial charge on any atom is -0.342 e. The molecule has 1 heterocycles. The van der Waals surface area contributed by atoms with Gasteiger partial charge in [0.2, 0.25) is 0 Å². The van der Waals surface area contributed by atoms with Gasteiger partial charge in [0.05, 0.1) is 6.61 Å². The van der Waals surface area contributed by atoms with Crippen LogP contribution in [0, 0.1) is 5.82 Å². The second-order valence-electron chi connectivity index (χ2n) is 4.89. The quantitative estimate of drug-likeness (QED) is 0.904. The van der Waals surface area contributed by atoms with E-state index in [4.69, 9.17) is 14.6 Å². The van der Waals surface area contributed by atoms with Crippen LogP contribution in [-0.2, 0) is 24.0 Å². The Morgan fingerprint density at radius 2 is 2.00 bits per heavy atom. The molecular formula is C12H16FNO5S. The lowest BCUT2D eigenvalue weighted by molar-refractivity contribution is -0.149. The molecule has 1 aromatic carbocycles. The maximum absolute atomic E-state index is 13.8. The summed E-state index contributed by atoms with van der Waals surface area (Å²) >= 11 is 0. The lowest BCUT2D eigenvalue weighted by Gasteiger charge is -2.17. The van der Waals surface area contributed by atoms with Crippen LogP contribution in [0.5, 0.6) is 0 Å². The molecule has 1 aliphatic heterocycles. The zero-order valence-corrected chi connectivity index (χ0v) is 11.9. The van der Waals surface area contributed by atoms with Crippen LogP contribution in [0.4, 0.5) is 4.39 Å². The number of hydrogen-bond donors (Lipinski definition) is 1. The van der Waals surface area contributed by atoms with Crippen molar-refractivity contribution in [2.75, 3.05) is 6.61 Å². The highest BCUT2D eigenvalue weighted by Gasteiger charge is 2.43. The minimum absolute atomic E-state index is 0.279. The Hall–Kier alpha value is -1.06. The van der Waals surface area contributed by atoms with Crippen LogP contribution in [0.15, 0.2) is 24.3 Å². The second kappa shape index (κ2) is 5.38. The van der Waals surface area contributed by atoms with Gasteiger partial charge >= 0.3 is 10.3 Å². The van der Waals surface area contributed by atoms with Gasteiger partial charge in [-0.05, 0) is 19.9 Å². The predicted molar refractivity (Wildman–Crippen MR) is 68.2 cm³/mol. The summed E-state index contributed by atoms with van der Waals surface area (Å²) in [5, 5.41) is 4.77. The molecule has 0 radical (unpaired) electrons. The van der Waals surface area contributed by atoms with E-state index < -0.39 is 34.1 Å². The van der Waals surface area contributed by atoms with E-state index in [2.05, 4.69) is 4.18 Å². The molecule has 0 aliphatic carbocycles. The molecule has 1 aromatic rings. The summed E-state index contributed by atoms with van der Waals surface area (Å²) in [6, 6.07) is 6.05. The highest BCUT2D eigenvalue weighted by Crippen LogP contribution is 2.39. The highest BCUT2D eigenvalue weighted by molar-refractivity contribution is 7.84. The van der Waals surface area contributed by atoms with Gasteiger partial charge in [-0.1, -0.05) is 18.2 Å². The first kappa shape index (κ1) is 15.3. The molecule has 0 saturated carbocycles. The largest absolute Gasteiger partial charge is 0.342 e. The fourth-order valence-corrected chi connectivity index (χ4v) is 2.41. The Morgan fingerprint density at radius 3 is 2.60 bits per heavy atom. The average Bonchev–Trinajstić information content (AvgIpc) is 2.62. The zero-order valence-electron chi connectivity index (χ0n) is 11.1. The Labute approximate surface area is 116 Å². The van der Waals surface area contributed by atoms with Gasteiger partial charge < -0.3 is 9.47 Å². The molecule has 0 bridgehead atoms. The topological polar surface area (TPSA) is 87.9 Å². The number of rotatable bonds is 4. The lowest BCUT2D eigenvalue weighted by atomic mass is 10.0. The van der Waals surface area contributed by atoms with Crippen LogP contribution in [0.1, 0.15) is 25.5 Å². The van der Waals surface area contributed by atoms with Crippen LogP contribution in [0.25, 0.3) is 0 Å². The third-order valence-corrected chi connectivity index (χ3v) is 3.26. The van der Waals surface area contributed by atoms with E-state index in [0.717, 1.165) is 0 Å². The summed E-state index contributed by atoms with van der Waals surface area (Å²) in [5.41, 5.74) is 0.279. The first-order chi connectivity index (χ1) is 9.18. The zero-order chi connectivity index (χ0) is 15.0. The van der Waals surface area contributed by atoms with E-state index in [0.29, 0.717) is 0 Å². The van der Waals surface area contributed by atoms with Crippen LogP contribution in [0.2, 0.25) is 0 Å². The van der Waals surface area contributed by atoms with E-state index in [1.165, 1.54) is 6.07 Å². The molecule has 6 nitrogen and oxygen atoms in total. The summed E-state index contributed by atoms with van der Waals surface area (Å²) in [7, 11) is -4.09. The number of hydrogen-bond acceptors (Lipinski definition) is 5. The molecular weight excluding hydrogens is 289 g/mol. The van der Waals surface area contributed by atoms with Crippen molar-refractivity contribution < 1.29 is 26.5 Å². The molecule has 0 aromatic heterocycles. The van der Waals surface area contributed by atoms with Crippen molar-refractivity contribution in [2.45, 2.75) is 31.8 Å². The Bertz CT molecular complexity index is 589. The van der Waals surface area contributed by atoms with E-state index in [9.17, 15) is 12.8 Å². The van der Waals surface area contributed by atoms with E-state index in [1.807, 2.05) is 0 Å². The van der Waals surface area contributed by atoms with E-state index in [-0.39, 0.29) is 12.2 Å². The normalized spacial score (nSPS) is 25.8.